The van der Waals surface area contributed by atoms with Gasteiger partial charge >= 0.3 is 0 Å². The van der Waals surface area contributed by atoms with E-state index in [1.54, 1.807) is 10.4 Å². The van der Waals surface area contributed by atoms with Gasteiger partial charge in [-0.1, -0.05) is 31.9 Å². The standard InChI is InChI=1S/C16H14Br2OS/c17-11-6-10-4-5-19-16(10)12(8-11)15(18)14-7-9-2-1-3-13(9)20-14/h6-8,15H,1-5H2. The molecule has 0 bridgehead atoms. The summed E-state index contributed by atoms with van der Waals surface area (Å²) in [5.74, 6) is 1.09. The summed E-state index contributed by atoms with van der Waals surface area (Å²) in [5.41, 5.74) is 4.14. The summed E-state index contributed by atoms with van der Waals surface area (Å²) in [7, 11) is 0. The Morgan fingerprint density at radius 1 is 1.10 bits per heavy atom. The molecular weight excluding hydrogens is 400 g/mol. The summed E-state index contributed by atoms with van der Waals surface area (Å²) in [6.07, 6.45) is 4.84. The van der Waals surface area contributed by atoms with Crippen LogP contribution in [0, 0.1) is 0 Å². The molecule has 104 valence electrons. The molecule has 0 amide bonds. The van der Waals surface area contributed by atoms with E-state index in [1.807, 2.05) is 11.3 Å². The molecule has 0 fully saturated rings. The maximum absolute atomic E-state index is 5.86. The molecule has 0 spiro atoms. The fourth-order valence-corrected chi connectivity index (χ4v) is 5.65. The highest BCUT2D eigenvalue weighted by molar-refractivity contribution is 9.10. The van der Waals surface area contributed by atoms with Crippen molar-refractivity contribution < 1.29 is 4.74 Å². The predicted octanol–water partition coefficient (Wildman–Crippen LogP) is 5.42. The Labute approximate surface area is 139 Å². The SMILES string of the molecule is Brc1cc2c(c(C(Br)c3cc4c(s3)CCC4)c1)OCC2. The lowest BCUT2D eigenvalue weighted by molar-refractivity contribution is 0.354. The largest absolute Gasteiger partial charge is 0.493 e. The second kappa shape index (κ2) is 5.15. The summed E-state index contributed by atoms with van der Waals surface area (Å²) in [6, 6.07) is 6.75. The van der Waals surface area contributed by atoms with Gasteiger partial charge in [0.05, 0.1) is 11.4 Å². The van der Waals surface area contributed by atoms with E-state index >= 15 is 0 Å². The molecule has 0 saturated heterocycles. The lowest BCUT2D eigenvalue weighted by atomic mass is 10.0. The van der Waals surface area contributed by atoms with E-state index in [0.29, 0.717) is 0 Å². The van der Waals surface area contributed by atoms with Crippen LogP contribution in [0.5, 0.6) is 5.75 Å². The van der Waals surface area contributed by atoms with Crippen LogP contribution in [0.15, 0.2) is 22.7 Å². The molecule has 2 aromatic rings. The molecular formula is C16H14Br2OS. The quantitative estimate of drug-likeness (QED) is 0.597. The van der Waals surface area contributed by atoms with Crippen LogP contribution in [0.4, 0.5) is 0 Å². The van der Waals surface area contributed by atoms with E-state index in [9.17, 15) is 0 Å². The van der Waals surface area contributed by atoms with Crippen LogP contribution >= 0.6 is 43.2 Å². The molecule has 1 aromatic carbocycles. The van der Waals surface area contributed by atoms with E-state index < -0.39 is 0 Å². The minimum atomic E-state index is 0.238. The molecule has 1 aliphatic heterocycles. The summed E-state index contributed by atoms with van der Waals surface area (Å²) in [4.78, 5) is 3.23. The van der Waals surface area contributed by atoms with Crippen LogP contribution < -0.4 is 4.74 Å². The third-order valence-corrected chi connectivity index (χ3v) is 7.12. The lowest BCUT2D eigenvalue weighted by Gasteiger charge is -2.14. The van der Waals surface area contributed by atoms with Crippen molar-refractivity contribution in [1.82, 2.24) is 0 Å². The Kier molecular flexibility index (Phi) is 3.44. The van der Waals surface area contributed by atoms with Gasteiger partial charge in [0.25, 0.3) is 0 Å². The molecule has 1 aromatic heterocycles. The minimum Gasteiger partial charge on any atom is -0.493 e. The number of fused-ring (bicyclic) bond motifs is 2. The first-order valence-electron chi connectivity index (χ1n) is 6.93. The van der Waals surface area contributed by atoms with Gasteiger partial charge in [0.15, 0.2) is 0 Å². The zero-order chi connectivity index (χ0) is 13.7. The number of rotatable bonds is 2. The number of aryl methyl sites for hydroxylation is 2. The van der Waals surface area contributed by atoms with Gasteiger partial charge in [-0.3, -0.25) is 0 Å². The average Bonchev–Trinajstić information content (AvgIpc) is 3.10. The third kappa shape index (κ3) is 2.16. The van der Waals surface area contributed by atoms with Crippen LogP contribution in [0.25, 0.3) is 0 Å². The average molecular weight is 414 g/mol. The minimum absolute atomic E-state index is 0.238. The van der Waals surface area contributed by atoms with Gasteiger partial charge in [-0.2, -0.15) is 0 Å². The number of hydrogen-bond donors (Lipinski definition) is 0. The van der Waals surface area contributed by atoms with Gasteiger partial charge in [0, 0.05) is 26.2 Å². The fourth-order valence-electron chi connectivity index (χ4n) is 3.12. The summed E-state index contributed by atoms with van der Waals surface area (Å²) in [5, 5.41) is 0. The smallest absolute Gasteiger partial charge is 0.127 e. The van der Waals surface area contributed by atoms with Crippen molar-refractivity contribution in [3.05, 3.63) is 49.1 Å². The van der Waals surface area contributed by atoms with Crippen molar-refractivity contribution in [2.24, 2.45) is 0 Å². The summed E-state index contributed by atoms with van der Waals surface area (Å²) in [6.45, 7) is 0.805. The van der Waals surface area contributed by atoms with Crippen molar-refractivity contribution in [3.63, 3.8) is 0 Å². The molecule has 1 unspecified atom stereocenters. The Balaban J connectivity index is 1.76. The predicted molar refractivity (Wildman–Crippen MR) is 90.5 cm³/mol. The van der Waals surface area contributed by atoms with E-state index in [2.05, 4.69) is 50.1 Å². The van der Waals surface area contributed by atoms with Crippen molar-refractivity contribution in [1.29, 1.82) is 0 Å². The molecule has 2 aliphatic rings. The van der Waals surface area contributed by atoms with Crippen LogP contribution in [0.1, 0.15) is 37.7 Å². The van der Waals surface area contributed by atoms with Gasteiger partial charge in [-0.15, -0.1) is 11.3 Å². The fraction of sp³-hybridized carbons (Fsp3) is 0.375. The highest BCUT2D eigenvalue weighted by Gasteiger charge is 2.25. The Morgan fingerprint density at radius 3 is 2.85 bits per heavy atom. The molecule has 1 aliphatic carbocycles. The number of hydrogen-bond acceptors (Lipinski definition) is 2. The van der Waals surface area contributed by atoms with Crippen LogP contribution in [-0.2, 0) is 19.3 Å². The second-order valence-corrected chi connectivity index (χ2v) is 8.39. The van der Waals surface area contributed by atoms with Crippen LogP contribution in [0.2, 0.25) is 0 Å². The topological polar surface area (TPSA) is 9.23 Å². The Morgan fingerprint density at radius 2 is 2.00 bits per heavy atom. The van der Waals surface area contributed by atoms with E-state index in [4.69, 9.17) is 4.74 Å². The van der Waals surface area contributed by atoms with Gasteiger partial charge in [-0.05, 0) is 48.6 Å². The highest BCUT2D eigenvalue weighted by Crippen LogP contribution is 2.45. The number of benzene rings is 1. The highest BCUT2D eigenvalue weighted by atomic mass is 79.9. The first-order chi connectivity index (χ1) is 9.72. The second-order valence-electron chi connectivity index (χ2n) is 5.40. The molecule has 0 radical (unpaired) electrons. The molecule has 2 heterocycles. The van der Waals surface area contributed by atoms with E-state index in [1.165, 1.54) is 35.3 Å². The number of alkyl halides is 1. The summed E-state index contributed by atoms with van der Waals surface area (Å²) >= 11 is 9.48. The molecule has 1 nitrogen and oxygen atoms in total. The maximum Gasteiger partial charge on any atom is 0.127 e. The van der Waals surface area contributed by atoms with Gasteiger partial charge in [-0.25, -0.2) is 0 Å². The maximum atomic E-state index is 5.86. The molecule has 0 N–H and O–H groups in total. The molecule has 1 atom stereocenters. The van der Waals surface area contributed by atoms with Crippen molar-refractivity contribution in [2.75, 3.05) is 6.61 Å². The number of halogens is 2. The Bertz CT molecular complexity index is 656. The van der Waals surface area contributed by atoms with Crippen molar-refractivity contribution in [2.45, 2.75) is 30.5 Å². The summed E-state index contributed by atoms with van der Waals surface area (Å²) < 4.78 is 7.00. The van der Waals surface area contributed by atoms with Gasteiger partial charge in [0.2, 0.25) is 0 Å². The van der Waals surface area contributed by atoms with Gasteiger partial charge < -0.3 is 4.74 Å². The van der Waals surface area contributed by atoms with E-state index in [-0.39, 0.29) is 4.83 Å². The zero-order valence-corrected chi connectivity index (χ0v) is 14.9. The number of thiophene rings is 1. The Hall–Kier alpha value is -0.320. The molecule has 4 rings (SSSR count). The first-order valence-corrected chi connectivity index (χ1v) is 9.45. The number of ether oxygens (including phenoxy) is 1. The van der Waals surface area contributed by atoms with Crippen molar-refractivity contribution >= 4 is 43.2 Å². The van der Waals surface area contributed by atoms with Crippen LogP contribution in [0.3, 0.4) is 0 Å². The van der Waals surface area contributed by atoms with E-state index in [0.717, 1.165) is 23.2 Å². The molecule has 0 saturated carbocycles. The lowest BCUT2D eigenvalue weighted by Crippen LogP contribution is -1.95. The monoisotopic (exact) mass is 412 g/mol. The van der Waals surface area contributed by atoms with Gasteiger partial charge in [0.1, 0.15) is 5.75 Å². The third-order valence-electron chi connectivity index (χ3n) is 4.07. The van der Waals surface area contributed by atoms with Crippen LogP contribution in [-0.4, -0.2) is 6.61 Å². The van der Waals surface area contributed by atoms with Crippen molar-refractivity contribution in [3.8, 4) is 5.75 Å². The first kappa shape index (κ1) is 13.4. The molecule has 4 heteroatoms. The normalized spacial score (nSPS) is 17.7. The zero-order valence-electron chi connectivity index (χ0n) is 10.9. The molecule has 20 heavy (non-hydrogen) atoms.